The van der Waals surface area contributed by atoms with Gasteiger partial charge in [0.25, 0.3) is 0 Å². The van der Waals surface area contributed by atoms with E-state index in [-0.39, 0.29) is 17.1 Å². The van der Waals surface area contributed by atoms with Crippen LogP contribution in [0.2, 0.25) is 0 Å². The van der Waals surface area contributed by atoms with Crippen LogP contribution < -0.4 is 0 Å². The van der Waals surface area contributed by atoms with Gasteiger partial charge >= 0.3 is 5.69 Å². The van der Waals surface area contributed by atoms with E-state index in [4.69, 9.17) is 0 Å². The molecule has 0 amide bonds. The van der Waals surface area contributed by atoms with E-state index in [1.165, 1.54) is 0 Å². The summed E-state index contributed by atoms with van der Waals surface area (Å²) in [6.45, 7) is 3.52. The van der Waals surface area contributed by atoms with Crippen molar-refractivity contribution >= 4 is 16.7 Å². The van der Waals surface area contributed by atoms with Crippen molar-refractivity contribution in [2.75, 3.05) is 0 Å². The maximum atomic E-state index is 13.8. The SMILES string of the molecule is Cc1nc2c([N+](=O)[O-])c(F)c(F)cc2n1C(C)c1ccccc1. The fourth-order valence-corrected chi connectivity index (χ4v) is 2.81. The molecule has 7 heteroatoms. The normalized spacial score (nSPS) is 12.5. The van der Waals surface area contributed by atoms with Gasteiger partial charge in [0.2, 0.25) is 5.82 Å². The van der Waals surface area contributed by atoms with Crippen molar-refractivity contribution in [2.24, 2.45) is 0 Å². The molecule has 2 aromatic carbocycles. The number of fused-ring (bicyclic) bond motifs is 1. The molecule has 5 nitrogen and oxygen atoms in total. The molecule has 1 heterocycles. The summed E-state index contributed by atoms with van der Waals surface area (Å²) in [6, 6.07) is 10.1. The molecule has 3 rings (SSSR count). The minimum atomic E-state index is -1.49. The third-order valence-corrected chi connectivity index (χ3v) is 3.88. The van der Waals surface area contributed by atoms with Gasteiger partial charge in [-0.05, 0) is 19.4 Å². The Morgan fingerprint density at radius 3 is 2.52 bits per heavy atom. The van der Waals surface area contributed by atoms with Crippen molar-refractivity contribution in [3.8, 4) is 0 Å². The second-order valence-electron chi connectivity index (χ2n) is 5.26. The summed E-state index contributed by atoms with van der Waals surface area (Å²) in [7, 11) is 0. The van der Waals surface area contributed by atoms with Crippen molar-refractivity contribution in [1.29, 1.82) is 0 Å². The van der Waals surface area contributed by atoms with Gasteiger partial charge in [-0.15, -0.1) is 0 Å². The maximum Gasteiger partial charge on any atom is 0.335 e. The maximum absolute atomic E-state index is 13.8. The third-order valence-electron chi connectivity index (χ3n) is 3.88. The number of nitrogens with zero attached hydrogens (tertiary/aromatic N) is 3. The largest absolute Gasteiger partial charge is 0.335 e. The summed E-state index contributed by atoms with van der Waals surface area (Å²) in [5, 5.41) is 11.1. The Labute approximate surface area is 130 Å². The van der Waals surface area contributed by atoms with Gasteiger partial charge in [0.15, 0.2) is 11.3 Å². The molecule has 0 fully saturated rings. The predicted molar refractivity (Wildman–Crippen MR) is 81.3 cm³/mol. The lowest BCUT2D eigenvalue weighted by atomic mass is 10.1. The first-order chi connectivity index (χ1) is 10.9. The number of hydrogen-bond donors (Lipinski definition) is 0. The molecule has 0 aliphatic carbocycles. The number of nitro groups is 1. The average Bonchev–Trinajstić information content (AvgIpc) is 2.83. The van der Waals surface area contributed by atoms with Gasteiger partial charge in [-0.3, -0.25) is 10.1 Å². The van der Waals surface area contributed by atoms with Crippen LogP contribution in [0.1, 0.15) is 24.4 Å². The first kappa shape index (κ1) is 15.1. The molecule has 0 radical (unpaired) electrons. The number of rotatable bonds is 3. The summed E-state index contributed by atoms with van der Waals surface area (Å²) in [5.41, 5.74) is 0.0584. The van der Waals surface area contributed by atoms with E-state index in [1.807, 2.05) is 37.3 Å². The molecular formula is C16H13F2N3O2. The van der Waals surface area contributed by atoms with Crippen LogP contribution in [0.15, 0.2) is 36.4 Å². The molecule has 1 aromatic heterocycles. The van der Waals surface area contributed by atoms with Crippen molar-refractivity contribution in [2.45, 2.75) is 19.9 Å². The highest BCUT2D eigenvalue weighted by Gasteiger charge is 2.28. The zero-order chi connectivity index (χ0) is 16.7. The van der Waals surface area contributed by atoms with Crippen LogP contribution >= 0.6 is 0 Å². The average molecular weight is 317 g/mol. The molecule has 1 unspecified atom stereocenters. The first-order valence-corrected chi connectivity index (χ1v) is 6.97. The molecular weight excluding hydrogens is 304 g/mol. The van der Waals surface area contributed by atoms with Crippen LogP contribution in [-0.4, -0.2) is 14.5 Å². The molecule has 0 N–H and O–H groups in total. The van der Waals surface area contributed by atoms with E-state index in [9.17, 15) is 18.9 Å². The molecule has 0 aliphatic rings. The molecule has 118 valence electrons. The second kappa shape index (κ2) is 5.42. The Balaban J connectivity index is 2.31. The van der Waals surface area contributed by atoms with E-state index < -0.39 is 22.2 Å². The Morgan fingerprint density at radius 2 is 1.91 bits per heavy atom. The molecule has 23 heavy (non-hydrogen) atoms. The molecule has 0 saturated carbocycles. The Morgan fingerprint density at radius 1 is 1.26 bits per heavy atom. The standard InChI is InChI=1S/C16H13F2N3O2/c1-9(11-6-4-3-5-7-11)20-10(2)19-15-13(20)8-12(17)14(18)16(15)21(22)23/h3-9H,1-2H3. The fraction of sp³-hybridized carbons (Fsp3) is 0.188. The summed E-state index contributed by atoms with van der Waals surface area (Å²) < 4.78 is 29.3. The number of imidazole rings is 1. The Kier molecular flexibility index (Phi) is 3.55. The van der Waals surface area contributed by atoms with Gasteiger partial charge in [-0.25, -0.2) is 9.37 Å². The highest BCUT2D eigenvalue weighted by atomic mass is 19.2. The summed E-state index contributed by atoms with van der Waals surface area (Å²) in [6.07, 6.45) is 0. The smallest absolute Gasteiger partial charge is 0.321 e. The topological polar surface area (TPSA) is 61.0 Å². The molecule has 0 saturated heterocycles. The monoisotopic (exact) mass is 317 g/mol. The highest BCUT2D eigenvalue weighted by molar-refractivity contribution is 5.86. The number of halogens is 2. The second-order valence-corrected chi connectivity index (χ2v) is 5.26. The van der Waals surface area contributed by atoms with E-state index in [2.05, 4.69) is 4.98 Å². The lowest BCUT2D eigenvalue weighted by molar-refractivity contribution is -0.386. The van der Waals surface area contributed by atoms with Crippen LogP contribution in [0.4, 0.5) is 14.5 Å². The number of benzene rings is 2. The van der Waals surface area contributed by atoms with Gasteiger partial charge in [0.1, 0.15) is 5.82 Å². The van der Waals surface area contributed by atoms with E-state index >= 15 is 0 Å². The van der Waals surface area contributed by atoms with Crippen molar-refractivity contribution in [3.05, 3.63) is 69.5 Å². The van der Waals surface area contributed by atoms with Crippen molar-refractivity contribution < 1.29 is 13.7 Å². The van der Waals surface area contributed by atoms with Crippen LogP contribution in [0.5, 0.6) is 0 Å². The number of nitro benzene ring substituents is 1. The van der Waals surface area contributed by atoms with Gasteiger partial charge in [-0.1, -0.05) is 30.3 Å². The lowest BCUT2D eigenvalue weighted by Crippen LogP contribution is -2.09. The Bertz CT molecular complexity index is 907. The van der Waals surface area contributed by atoms with Crippen LogP contribution in [0.25, 0.3) is 11.0 Å². The molecule has 0 bridgehead atoms. The van der Waals surface area contributed by atoms with Gasteiger partial charge < -0.3 is 4.57 Å². The Hall–Kier alpha value is -2.83. The predicted octanol–water partition coefficient (Wildman–Crippen LogP) is 4.14. The van der Waals surface area contributed by atoms with Crippen LogP contribution in [0, 0.1) is 28.7 Å². The van der Waals surface area contributed by atoms with Crippen molar-refractivity contribution in [3.63, 3.8) is 0 Å². The van der Waals surface area contributed by atoms with Crippen LogP contribution in [0.3, 0.4) is 0 Å². The third kappa shape index (κ3) is 2.34. The minimum absolute atomic E-state index is 0.144. The molecule has 1 atom stereocenters. The number of hydrogen-bond acceptors (Lipinski definition) is 3. The number of aromatic nitrogens is 2. The summed E-state index contributed by atoms with van der Waals surface area (Å²) in [5.74, 6) is -2.30. The highest BCUT2D eigenvalue weighted by Crippen LogP contribution is 2.33. The molecule has 3 aromatic rings. The fourth-order valence-electron chi connectivity index (χ4n) is 2.81. The number of aryl methyl sites for hydroxylation is 1. The van der Waals surface area contributed by atoms with E-state index in [0.29, 0.717) is 5.82 Å². The lowest BCUT2D eigenvalue weighted by Gasteiger charge is -2.17. The van der Waals surface area contributed by atoms with E-state index in [1.54, 1.807) is 11.5 Å². The first-order valence-electron chi connectivity index (χ1n) is 6.97. The molecule has 0 spiro atoms. The summed E-state index contributed by atoms with van der Waals surface area (Å²) >= 11 is 0. The quantitative estimate of drug-likeness (QED) is 0.539. The zero-order valence-electron chi connectivity index (χ0n) is 12.5. The summed E-state index contributed by atoms with van der Waals surface area (Å²) in [4.78, 5) is 14.3. The zero-order valence-corrected chi connectivity index (χ0v) is 12.5. The van der Waals surface area contributed by atoms with Gasteiger partial charge in [-0.2, -0.15) is 4.39 Å². The molecule has 0 aliphatic heterocycles. The van der Waals surface area contributed by atoms with Crippen LogP contribution in [-0.2, 0) is 0 Å². The van der Waals surface area contributed by atoms with Crippen molar-refractivity contribution in [1.82, 2.24) is 9.55 Å². The van der Waals surface area contributed by atoms with Gasteiger partial charge in [0, 0.05) is 6.07 Å². The van der Waals surface area contributed by atoms with Gasteiger partial charge in [0.05, 0.1) is 16.5 Å². The minimum Gasteiger partial charge on any atom is -0.321 e. The van der Waals surface area contributed by atoms with E-state index in [0.717, 1.165) is 11.6 Å².